The smallest absolute Gasteiger partial charge is 0.330 e. The summed E-state index contributed by atoms with van der Waals surface area (Å²) in [6.45, 7) is 2.33. The number of methoxy groups -OCH3 is 1. The first-order valence-electron chi connectivity index (χ1n) is 8.20. The fourth-order valence-electron chi connectivity index (χ4n) is 2.59. The van der Waals surface area contributed by atoms with Gasteiger partial charge in [-0.2, -0.15) is 0 Å². The molecule has 8 nitrogen and oxygen atoms in total. The van der Waals surface area contributed by atoms with Crippen LogP contribution in [0.3, 0.4) is 0 Å². The summed E-state index contributed by atoms with van der Waals surface area (Å²) in [5.74, 6) is -0.659. The molecular weight excluding hydrogens is 395 g/mol. The van der Waals surface area contributed by atoms with E-state index in [1.165, 1.54) is 29.9 Å². The molecule has 0 saturated carbocycles. The number of rotatable bonds is 7. The van der Waals surface area contributed by atoms with Crippen molar-refractivity contribution in [3.8, 4) is 0 Å². The second-order valence-electron chi connectivity index (χ2n) is 5.72. The molecule has 2 aromatic rings. The number of hydrogen-bond donors (Lipinski definition) is 2. The molecule has 3 N–H and O–H groups in total. The third kappa shape index (κ3) is 4.52. The van der Waals surface area contributed by atoms with Crippen molar-refractivity contribution in [3.63, 3.8) is 0 Å². The van der Waals surface area contributed by atoms with Gasteiger partial charge < -0.3 is 10.5 Å². The summed E-state index contributed by atoms with van der Waals surface area (Å²) < 4.78 is 6.26. The van der Waals surface area contributed by atoms with Crippen LogP contribution in [0.15, 0.2) is 27.8 Å². The summed E-state index contributed by atoms with van der Waals surface area (Å²) in [6, 6.07) is 4.40. The number of benzene rings is 1. The van der Waals surface area contributed by atoms with E-state index in [0.29, 0.717) is 18.0 Å². The Labute approximate surface area is 165 Å². The van der Waals surface area contributed by atoms with E-state index in [9.17, 15) is 14.4 Å². The van der Waals surface area contributed by atoms with Gasteiger partial charge in [-0.25, -0.2) is 4.79 Å². The molecule has 1 aromatic carbocycles. The van der Waals surface area contributed by atoms with E-state index in [1.54, 1.807) is 0 Å². The molecule has 0 aliphatic rings. The van der Waals surface area contributed by atoms with Gasteiger partial charge >= 0.3 is 5.69 Å². The molecule has 0 unspecified atom stereocenters. The van der Waals surface area contributed by atoms with Crippen LogP contribution < -0.4 is 21.9 Å². The molecule has 0 aliphatic carbocycles. The molecule has 1 amide bonds. The number of anilines is 2. The number of halogens is 2. The van der Waals surface area contributed by atoms with Gasteiger partial charge in [-0.1, -0.05) is 30.1 Å². The second-order valence-corrected chi connectivity index (χ2v) is 6.56. The van der Waals surface area contributed by atoms with Crippen molar-refractivity contribution in [3.05, 3.63) is 54.6 Å². The van der Waals surface area contributed by atoms with Crippen LogP contribution in [-0.4, -0.2) is 35.7 Å². The molecule has 0 radical (unpaired) electrons. The van der Waals surface area contributed by atoms with Gasteiger partial charge in [0.25, 0.3) is 11.5 Å². The van der Waals surface area contributed by atoms with E-state index in [0.717, 1.165) is 4.90 Å². The Bertz CT molecular complexity index is 955. The number of H-pyrrole nitrogens is 1. The number of amides is 1. The topological polar surface area (TPSA) is 110 Å². The zero-order valence-corrected chi connectivity index (χ0v) is 16.4. The number of aromatic nitrogens is 2. The minimum atomic E-state index is -0.764. The van der Waals surface area contributed by atoms with Crippen molar-refractivity contribution >= 4 is 40.6 Å². The van der Waals surface area contributed by atoms with Gasteiger partial charge in [-0.05, 0) is 24.6 Å². The average Bonchev–Trinajstić information content (AvgIpc) is 2.60. The van der Waals surface area contributed by atoms with E-state index < -0.39 is 17.2 Å². The fourth-order valence-corrected chi connectivity index (χ4v) is 3.08. The highest BCUT2D eigenvalue weighted by molar-refractivity contribution is 6.37. The molecule has 1 aromatic heterocycles. The standard InChI is InChI=1S/C17H20Cl2N4O4/c1-3-6-23-14(20)13(15(24)21-17(23)26)22(7-8-27-2)16(25)11-5-4-10(18)9-12(11)19/h4-5,9H,3,6-8,20H2,1-2H3,(H,21,24,26). The van der Waals surface area contributed by atoms with Crippen molar-refractivity contribution in [2.24, 2.45) is 0 Å². The summed E-state index contributed by atoms with van der Waals surface area (Å²) in [5, 5.41) is 0.501. The van der Waals surface area contributed by atoms with Crippen LogP contribution in [0.4, 0.5) is 11.5 Å². The van der Waals surface area contributed by atoms with Crippen molar-refractivity contribution in [1.82, 2.24) is 9.55 Å². The van der Waals surface area contributed by atoms with Crippen LogP contribution in [0.5, 0.6) is 0 Å². The predicted molar refractivity (Wildman–Crippen MR) is 106 cm³/mol. The summed E-state index contributed by atoms with van der Waals surface area (Å²) in [6.07, 6.45) is 0.616. The van der Waals surface area contributed by atoms with Crippen LogP contribution in [0.1, 0.15) is 23.7 Å². The number of aromatic amines is 1. The van der Waals surface area contributed by atoms with Crippen LogP contribution in [-0.2, 0) is 11.3 Å². The number of ether oxygens (including phenoxy) is 1. The minimum Gasteiger partial charge on any atom is -0.383 e. The summed E-state index contributed by atoms with van der Waals surface area (Å²) in [5.41, 5.74) is 4.69. The van der Waals surface area contributed by atoms with Gasteiger partial charge in [0, 0.05) is 25.2 Å². The maximum atomic E-state index is 13.1. The number of carbonyl (C=O) groups excluding carboxylic acids is 1. The molecule has 0 saturated heterocycles. The lowest BCUT2D eigenvalue weighted by molar-refractivity contribution is 0.0975. The van der Waals surface area contributed by atoms with E-state index in [2.05, 4.69) is 4.98 Å². The number of nitrogen functional groups attached to an aromatic ring is 1. The first kappa shape index (κ1) is 21.0. The summed E-state index contributed by atoms with van der Waals surface area (Å²) >= 11 is 12.0. The molecule has 1 heterocycles. The third-order valence-electron chi connectivity index (χ3n) is 3.86. The molecule has 146 valence electrons. The van der Waals surface area contributed by atoms with Gasteiger partial charge in [0.1, 0.15) is 5.82 Å². The summed E-state index contributed by atoms with van der Waals surface area (Å²) in [7, 11) is 1.46. The normalized spacial score (nSPS) is 10.8. The molecule has 0 aliphatic heterocycles. The van der Waals surface area contributed by atoms with Gasteiger partial charge in [-0.15, -0.1) is 0 Å². The van der Waals surface area contributed by atoms with Crippen LogP contribution in [0, 0.1) is 0 Å². The molecule has 0 fully saturated rings. The Morgan fingerprint density at radius 1 is 1.33 bits per heavy atom. The zero-order valence-electron chi connectivity index (χ0n) is 14.9. The lowest BCUT2D eigenvalue weighted by Gasteiger charge is -2.24. The van der Waals surface area contributed by atoms with Crippen molar-refractivity contribution in [2.75, 3.05) is 30.9 Å². The highest BCUT2D eigenvalue weighted by atomic mass is 35.5. The summed E-state index contributed by atoms with van der Waals surface area (Å²) in [4.78, 5) is 40.9. The SMILES string of the molecule is CCCn1c(N)c(N(CCOC)C(=O)c2ccc(Cl)cc2Cl)c(=O)[nH]c1=O. The van der Waals surface area contributed by atoms with E-state index in [4.69, 9.17) is 33.7 Å². The largest absolute Gasteiger partial charge is 0.383 e. The minimum absolute atomic E-state index is 0.0336. The Kier molecular flexibility index (Phi) is 7.06. The van der Waals surface area contributed by atoms with Gasteiger partial charge in [0.05, 0.1) is 17.2 Å². The van der Waals surface area contributed by atoms with Crippen molar-refractivity contribution < 1.29 is 9.53 Å². The Morgan fingerprint density at radius 3 is 2.63 bits per heavy atom. The number of hydrogen-bond acceptors (Lipinski definition) is 5. The Morgan fingerprint density at radius 2 is 2.04 bits per heavy atom. The van der Waals surface area contributed by atoms with Gasteiger partial charge in [0.2, 0.25) is 0 Å². The molecule has 0 atom stereocenters. The quantitative estimate of drug-likeness (QED) is 0.720. The fraction of sp³-hybridized carbons (Fsp3) is 0.353. The number of nitrogens with zero attached hydrogens (tertiary/aromatic N) is 2. The van der Waals surface area contributed by atoms with Gasteiger partial charge in [-0.3, -0.25) is 24.0 Å². The molecule has 27 heavy (non-hydrogen) atoms. The number of carbonyl (C=O) groups is 1. The van der Waals surface area contributed by atoms with Gasteiger partial charge in [0.15, 0.2) is 5.69 Å². The highest BCUT2D eigenvalue weighted by Gasteiger charge is 2.26. The van der Waals surface area contributed by atoms with Crippen LogP contribution in [0.25, 0.3) is 0 Å². The molecule has 10 heteroatoms. The molecular formula is C17H20Cl2N4O4. The van der Waals surface area contributed by atoms with E-state index in [-0.39, 0.29) is 35.2 Å². The monoisotopic (exact) mass is 414 g/mol. The Hall–Kier alpha value is -2.29. The Balaban J connectivity index is 2.63. The maximum Gasteiger partial charge on any atom is 0.330 e. The predicted octanol–water partition coefficient (Wildman–Crippen LogP) is 2.13. The lowest BCUT2D eigenvalue weighted by atomic mass is 10.2. The molecule has 2 rings (SSSR count). The van der Waals surface area contributed by atoms with E-state index >= 15 is 0 Å². The lowest BCUT2D eigenvalue weighted by Crippen LogP contribution is -2.42. The second kappa shape index (κ2) is 9.07. The molecule has 0 bridgehead atoms. The van der Waals surface area contributed by atoms with Crippen LogP contribution >= 0.6 is 23.2 Å². The molecule has 0 spiro atoms. The zero-order chi connectivity index (χ0) is 20.1. The first-order valence-corrected chi connectivity index (χ1v) is 8.95. The average molecular weight is 415 g/mol. The van der Waals surface area contributed by atoms with Crippen molar-refractivity contribution in [1.29, 1.82) is 0 Å². The number of nitrogens with one attached hydrogen (secondary N) is 1. The van der Waals surface area contributed by atoms with Crippen molar-refractivity contribution in [2.45, 2.75) is 19.9 Å². The van der Waals surface area contributed by atoms with Crippen LogP contribution in [0.2, 0.25) is 10.0 Å². The third-order valence-corrected chi connectivity index (χ3v) is 4.40. The van der Waals surface area contributed by atoms with E-state index in [1.807, 2.05) is 6.92 Å². The highest BCUT2D eigenvalue weighted by Crippen LogP contribution is 2.25. The maximum absolute atomic E-state index is 13.1. The first-order chi connectivity index (χ1) is 12.8. The number of nitrogens with two attached hydrogens (primary N) is 1.